The SMILES string of the molecule is CCCC1CCC(COC2CC3CCC(CCC)C(F)C3C(F)C2F)CC1. The van der Waals surface area contributed by atoms with Crippen molar-refractivity contribution in [2.75, 3.05) is 6.61 Å². The average molecular weight is 389 g/mol. The Kier molecular flexibility index (Phi) is 7.93. The summed E-state index contributed by atoms with van der Waals surface area (Å²) in [5.74, 6) is 0.424. The van der Waals surface area contributed by atoms with E-state index in [9.17, 15) is 13.2 Å². The van der Waals surface area contributed by atoms with E-state index in [1.165, 1.54) is 25.7 Å². The van der Waals surface area contributed by atoms with Gasteiger partial charge in [-0.3, -0.25) is 0 Å². The van der Waals surface area contributed by atoms with E-state index in [1.54, 1.807) is 0 Å². The molecule has 0 spiro atoms. The minimum Gasteiger partial charge on any atom is -0.375 e. The fourth-order valence-electron chi connectivity index (χ4n) is 6.10. The maximum atomic E-state index is 14.9. The standard InChI is InChI=1S/C23H39F3O/c1-3-5-15-7-9-16(10-8-15)14-27-19-13-18-12-11-17(6-4-2)21(24)20(18)23(26)22(19)25/h15-23H,3-14H2,1-2H3. The van der Waals surface area contributed by atoms with Crippen LogP contribution in [0.1, 0.15) is 84.5 Å². The van der Waals surface area contributed by atoms with E-state index < -0.39 is 30.5 Å². The molecule has 0 aliphatic heterocycles. The summed E-state index contributed by atoms with van der Waals surface area (Å²) >= 11 is 0. The zero-order chi connectivity index (χ0) is 19.4. The van der Waals surface area contributed by atoms with E-state index in [4.69, 9.17) is 4.74 Å². The summed E-state index contributed by atoms with van der Waals surface area (Å²) in [7, 11) is 0. The van der Waals surface area contributed by atoms with Gasteiger partial charge in [-0.2, -0.15) is 0 Å². The van der Waals surface area contributed by atoms with Crippen LogP contribution < -0.4 is 0 Å². The van der Waals surface area contributed by atoms with Crippen molar-refractivity contribution in [2.24, 2.45) is 29.6 Å². The summed E-state index contributed by atoms with van der Waals surface area (Å²) in [6.07, 6.45) is 5.91. The Morgan fingerprint density at radius 1 is 0.741 bits per heavy atom. The Hall–Kier alpha value is -0.250. The van der Waals surface area contributed by atoms with Crippen LogP contribution in [0.3, 0.4) is 0 Å². The van der Waals surface area contributed by atoms with Crippen molar-refractivity contribution in [3.8, 4) is 0 Å². The molecule has 0 heterocycles. The molecule has 0 aromatic heterocycles. The van der Waals surface area contributed by atoms with E-state index in [-0.39, 0.29) is 11.8 Å². The Bertz CT molecular complexity index is 435. The van der Waals surface area contributed by atoms with Crippen molar-refractivity contribution in [3.05, 3.63) is 0 Å². The molecule has 0 saturated heterocycles. The van der Waals surface area contributed by atoms with Crippen molar-refractivity contribution < 1.29 is 17.9 Å². The molecule has 3 saturated carbocycles. The number of hydrogen-bond acceptors (Lipinski definition) is 1. The van der Waals surface area contributed by atoms with Crippen molar-refractivity contribution in [2.45, 2.75) is 109 Å². The summed E-state index contributed by atoms with van der Waals surface area (Å²) in [6, 6.07) is 0. The fraction of sp³-hybridized carbons (Fsp3) is 1.00. The van der Waals surface area contributed by atoms with Gasteiger partial charge >= 0.3 is 0 Å². The molecule has 3 aliphatic carbocycles. The molecular formula is C23H39F3O. The lowest BCUT2D eigenvalue weighted by Gasteiger charge is -2.47. The molecule has 0 amide bonds. The van der Waals surface area contributed by atoms with Gasteiger partial charge in [0.1, 0.15) is 12.3 Å². The molecule has 0 N–H and O–H groups in total. The molecule has 7 unspecified atom stereocenters. The molecule has 27 heavy (non-hydrogen) atoms. The van der Waals surface area contributed by atoms with Gasteiger partial charge < -0.3 is 4.74 Å². The lowest BCUT2D eigenvalue weighted by atomic mass is 9.63. The molecule has 4 heteroatoms. The Morgan fingerprint density at radius 3 is 2.07 bits per heavy atom. The predicted molar refractivity (Wildman–Crippen MR) is 104 cm³/mol. The van der Waals surface area contributed by atoms with Crippen LogP contribution in [0.2, 0.25) is 0 Å². The third kappa shape index (κ3) is 5.03. The van der Waals surface area contributed by atoms with Gasteiger partial charge in [-0.25, -0.2) is 13.2 Å². The molecule has 158 valence electrons. The Labute approximate surface area is 163 Å². The largest absolute Gasteiger partial charge is 0.375 e. The summed E-state index contributed by atoms with van der Waals surface area (Å²) in [5, 5.41) is 0. The predicted octanol–water partition coefficient (Wildman–Crippen LogP) is 6.84. The van der Waals surface area contributed by atoms with Crippen LogP contribution in [-0.2, 0) is 4.74 Å². The van der Waals surface area contributed by atoms with Crippen LogP contribution in [0, 0.1) is 29.6 Å². The monoisotopic (exact) mass is 388 g/mol. The van der Waals surface area contributed by atoms with Gasteiger partial charge in [0.15, 0.2) is 6.17 Å². The number of fused-ring (bicyclic) bond motifs is 1. The maximum absolute atomic E-state index is 14.9. The van der Waals surface area contributed by atoms with E-state index in [1.807, 2.05) is 6.92 Å². The summed E-state index contributed by atoms with van der Waals surface area (Å²) in [6.45, 7) is 4.81. The first kappa shape index (κ1) is 21.5. The number of halogens is 3. The van der Waals surface area contributed by atoms with Gasteiger partial charge in [-0.15, -0.1) is 0 Å². The minimum atomic E-state index is -1.70. The van der Waals surface area contributed by atoms with Crippen molar-refractivity contribution in [3.63, 3.8) is 0 Å². The van der Waals surface area contributed by atoms with Crippen molar-refractivity contribution in [1.29, 1.82) is 0 Å². The molecule has 7 atom stereocenters. The zero-order valence-corrected chi connectivity index (χ0v) is 17.2. The number of alkyl halides is 3. The van der Waals surface area contributed by atoms with Crippen LogP contribution in [0.25, 0.3) is 0 Å². The number of hydrogen-bond donors (Lipinski definition) is 0. The number of ether oxygens (including phenoxy) is 1. The second-order valence-electron chi connectivity index (χ2n) is 9.58. The second kappa shape index (κ2) is 9.98. The molecule has 3 rings (SSSR count). The first-order valence-electron chi connectivity index (χ1n) is 11.6. The fourth-order valence-corrected chi connectivity index (χ4v) is 6.10. The van der Waals surface area contributed by atoms with Gasteiger partial charge in [-0.05, 0) is 62.2 Å². The minimum absolute atomic E-state index is 0.0552. The van der Waals surface area contributed by atoms with Gasteiger partial charge in [0.05, 0.1) is 6.10 Å². The zero-order valence-electron chi connectivity index (χ0n) is 17.2. The Balaban J connectivity index is 1.49. The topological polar surface area (TPSA) is 9.23 Å². The molecule has 3 aliphatic rings. The third-order valence-corrected chi connectivity index (χ3v) is 7.70. The average Bonchev–Trinajstić information content (AvgIpc) is 2.67. The van der Waals surface area contributed by atoms with Crippen molar-refractivity contribution >= 4 is 0 Å². The van der Waals surface area contributed by atoms with Crippen molar-refractivity contribution in [1.82, 2.24) is 0 Å². The Morgan fingerprint density at radius 2 is 1.41 bits per heavy atom. The smallest absolute Gasteiger partial charge is 0.157 e. The van der Waals surface area contributed by atoms with E-state index >= 15 is 0 Å². The molecule has 3 fully saturated rings. The summed E-state index contributed by atoms with van der Waals surface area (Å²) < 4.78 is 50.4. The quantitative estimate of drug-likeness (QED) is 0.464. The molecule has 0 bridgehead atoms. The van der Waals surface area contributed by atoms with E-state index in [2.05, 4.69) is 6.92 Å². The van der Waals surface area contributed by atoms with Crippen LogP contribution in [-0.4, -0.2) is 31.2 Å². The first-order valence-corrected chi connectivity index (χ1v) is 11.6. The number of rotatable bonds is 7. The van der Waals surface area contributed by atoms with Crippen LogP contribution in [0.4, 0.5) is 13.2 Å². The maximum Gasteiger partial charge on any atom is 0.157 e. The molecule has 0 aromatic carbocycles. The van der Waals surface area contributed by atoms with Crippen LogP contribution >= 0.6 is 0 Å². The molecule has 0 aromatic rings. The molecule has 0 radical (unpaired) electrons. The second-order valence-corrected chi connectivity index (χ2v) is 9.58. The summed E-state index contributed by atoms with van der Waals surface area (Å²) in [4.78, 5) is 0. The first-order chi connectivity index (χ1) is 13.0. The van der Waals surface area contributed by atoms with E-state index in [0.717, 1.165) is 44.4 Å². The van der Waals surface area contributed by atoms with Gasteiger partial charge in [-0.1, -0.05) is 46.0 Å². The van der Waals surface area contributed by atoms with Crippen LogP contribution in [0.5, 0.6) is 0 Å². The van der Waals surface area contributed by atoms with Gasteiger partial charge in [0, 0.05) is 12.5 Å². The van der Waals surface area contributed by atoms with Gasteiger partial charge in [0.2, 0.25) is 0 Å². The highest BCUT2D eigenvalue weighted by Crippen LogP contribution is 2.48. The highest BCUT2D eigenvalue weighted by molar-refractivity contribution is 5.00. The molecular weight excluding hydrogens is 349 g/mol. The lowest BCUT2D eigenvalue weighted by molar-refractivity contribution is -0.136. The highest BCUT2D eigenvalue weighted by atomic mass is 19.2. The highest BCUT2D eigenvalue weighted by Gasteiger charge is 2.53. The van der Waals surface area contributed by atoms with Gasteiger partial charge in [0.25, 0.3) is 0 Å². The molecule has 1 nitrogen and oxygen atoms in total. The van der Waals surface area contributed by atoms with Crippen LogP contribution in [0.15, 0.2) is 0 Å². The normalized spacial score (nSPS) is 45.4. The van der Waals surface area contributed by atoms with E-state index in [0.29, 0.717) is 18.9 Å². The lowest BCUT2D eigenvalue weighted by Crippen LogP contribution is -2.54. The third-order valence-electron chi connectivity index (χ3n) is 7.70. The summed E-state index contributed by atoms with van der Waals surface area (Å²) in [5.41, 5.74) is 0.